The average molecular weight is 244 g/mol. The van der Waals surface area contributed by atoms with Gasteiger partial charge in [-0.1, -0.05) is 12.1 Å². The molecule has 0 aliphatic heterocycles. The fourth-order valence-electron chi connectivity index (χ4n) is 3.04. The Morgan fingerprint density at radius 1 is 1.22 bits per heavy atom. The number of benzene rings is 1. The molecule has 0 bridgehead atoms. The van der Waals surface area contributed by atoms with E-state index in [9.17, 15) is 4.79 Å². The SMILES string of the molecule is CC(N)c1ccc(NC(=O)C2CC3CC3C2)cc1. The van der Waals surface area contributed by atoms with E-state index >= 15 is 0 Å². The van der Waals surface area contributed by atoms with Gasteiger partial charge < -0.3 is 11.1 Å². The molecule has 18 heavy (non-hydrogen) atoms. The molecule has 3 rings (SSSR count). The summed E-state index contributed by atoms with van der Waals surface area (Å²) in [6, 6.07) is 7.87. The molecule has 1 aromatic rings. The summed E-state index contributed by atoms with van der Waals surface area (Å²) in [6.45, 7) is 1.96. The number of anilines is 1. The Hall–Kier alpha value is -1.35. The number of nitrogens with two attached hydrogens (primary N) is 1. The molecule has 0 aromatic heterocycles. The van der Waals surface area contributed by atoms with Gasteiger partial charge in [0.2, 0.25) is 5.91 Å². The monoisotopic (exact) mass is 244 g/mol. The number of nitrogens with one attached hydrogen (secondary N) is 1. The molecule has 0 spiro atoms. The minimum absolute atomic E-state index is 0.0386. The normalized spacial score (nSPS) is 30.7. The molecule has 3 unspecified atom stereocenters. The predicted octanol–water partition coefficient (Wildman–Crippen LogP) is 2.69. The van der Waals surface area contributed by atoms with Crippen LogP contribution in [0, 0.1) is 17.8 Å². The largest absolute Gasteiger partial charge is 0.326 e. The zero-order valence-corrected chi connectivity index (χ0v) is 10.7. The lowest BCUT2D eigenvalue weighted by Gasteiger charge is -2.13. The van der Waals surface area contributed by atoms with Crippen molar-refractivity contribution in [1.82, 2.24) is 0 Å². The van der Waals surface area contributed by atoms with Crippen molar-refractivity contribution in [3.63, 3.8) is 0 Å². The number of amides is 1. The third-order valence-corrected chi connectivity index (χ3v) is 4.32. The molecule has 3 nitrogen and oxygen atoms in total. The Labute approximate surface area is 108 Å². The van der Waals surface area contributed by atoms with Crippen molar-refractivity contribution < 1.29 is 4.79 Å². The van der Waals surface area contributed by atoms with Gasteiger partial charge in [-0.25, -0.2) is 0 Å². The zero-order chi connectivity index (χ0) is 12.7. The van der Waals surface area contributed by atoms with Crippen molar-refractivity contribution in [2.24, 2.45) is 23.5 Å². The highest BCUT2D eigenvalue weighted by Gasteiger charge is 2.47. The Bertz CT molecular complexity index is 442. The fourth-order valence-corrected chi connectivity index (χ4v) is 3.04. The van der Waals surface area contributed by atoms with Gasteiger partial charge in [0.15, 0.2) is 0 Å². The van der Waals surface area contributed by atoms with Gasteiger partial charge in [0.05, 0.1) is 0 Å². The van der Waals surface area contributed by atoms with Gasteiger partial charge >= 0.3 is 0 Å². The van der Waals surface area contributed by atoms with Gasteiger partial charge in [-0.05, 0) is 55.7 Å². The minimum Gasteiger partial charge on any atom is -0.326 e. The van der Waals surface area contributed by atoms with Crippen LogP contribution >= 0.6 is 0 Å². The number of hydrogen-bond donors (Lipinski definition) is 2. The van der Waals surface area contributed by atoms with Crippen LogP contribution in [0.1, 0.15) is 37.8 Å². The molecule has 1 aromatic carbocycles. The first-order valence-corrected chi connectivity index (χ1v) is 6.80. The second kappa shape index (κ2) is 4.39. The standard InChI is InChI=1S/C15H20N2O/c1-9(16)10-2-4-14(5-3-10)17-15(18)13-7-11-6-12(11)8-13/h2-5,9,11-13H,6-8,16H2,1H3,(H,17,18). The summed E-state index contributed by atoms with van der Waals surface area (Å²) in [7, 11) is 0. The van der Waals surface area contributed by atoms with Crippen molar-refractivity contribution >= 4 is 11.6 Å². The van der Waals surface area contributed by atoms with Gasteiger partial charge in [0, 0.05) is 17.6 Å². The van der Waals surface area contributed by atoms with Crippen LogP contribution in [0.25, 0.3) is 0 Å². The van der Waals surface area contributed by atoms with Crippen LogP contribution in [0.15, 0.2) is 24.3 Å². The summed E-state index contributed by atoms with van der Waals surface area (Å²) in [5.41, 5.74) is 7.77. The molecule has 2 fully saturated rings. The van der Waals surface area contributed by atoms with E-state index in [0.29, 0.717) is 0 Å². The predicted molar refractivity (Wildman–Crippen MR) is 72.0 cm³/mol. The maximum atomic E-state index is 12.1. The molecule has 1 amide bonds. The summed E-state index contributed by atoms with van der Waals surface area (Å²) >= 11 is 0. The van der Waals surface area contributed by atoms with Crippen molar-refractivity contribution in [1.29, 1.82) is 0 Å². The number of fused-ring (bicyclic) bond motifs is 1. The molecule has 0 heterocycles. The first-order valence-electron chi connectivity index (χ1n) is 6.80. The van der Waals surface area contributed by atoms with E-state index in [0.717, 1.165) is 35.9 Å². The van der Waals surface area contributed by atoms with Crippen LogP contribution in [0.3, 0.4) is 0 Å². The van der Waals surface area contributed by atoms with E-state index in [2.05, 4.69) is 5.32 Å². The molecule has 0 radical (unpaired) electrons. The van der Waals surface area contributed by atoms with Crippen LogP contribution in [-0.4, -0.2) is 5.91 Å². The highest BCUT2D eigenvalue weighted by molar-refractivity contribution is 5.92. The smallest absolute Gasteiger partial charge is 0.227 e. The highest BCUT2D eigenvalue weighted by atomic mass is 16.1. The molecule has 2 aliphatic carbocycles. The van der Waals surface area contributed by atoms with Gasteiger partial charge in [0.25, 0.3) is 0 Å². The van der Waals surface area contributed by atoms with Crippen LogP contribution in [0.4, 0.5) is 5.69 Å². The lowest BCUT2D eigenvalue weighted by molar-refractivity contribution is -0.120. The number of hydrogen-bond acceptors (Lipinski definition) is 2. The topological polar surface area (TPSA) is 55.1 Å². The maximum absolute atomic E-state index is 12.1. The summed E-state index contributed by atoms with van der Waals surface area (Å²) < 4.78 is 0. The van der Waals surface area contributed by atoms with E-state index in [-0.39, 0.29) is 17.9 Å². The molecule has 3 atom stereocenters. The maximum Gasteiger partial charge on any atom is 0.227 e. The third-order valence-electron chi connectivity index (χ3n) is 4.32. The average Bonchev–Trinajstić information content (AvgIpc) is 2.96. The number of carbonyl (C=O) groups excluding carboxylic acids is 1. The molecule has 3 heteroatoms. The summed E-state index contributed by atoms with van der Waals surface area (Å²) in [5.74, 6) is 2.13. The second-order valence-electron chi connectivity index (χ2n) is 5.82. The van der Waals surface area contributed by atoms with Crippen molar-refractivity contribution in [3.05, 3.63) is 29.8 Å². The van der Waals surface area contributed by atoms with Crippen LogP contribution < -0.4 is 11.1 Å². The van der Waals surface area contributed by atoms with E-state index in [1.165, 1.54) is 6.42 Å². The Kier molecular flexibility index (Phi) is 2.86. The second-order valence-corrected chi connectivity index (χ2v) is 5.82. The lowest BCUT2D eigenvalue weighted by Crippen LogP contribution is -2.21. The molecule has 0 saturated heterocycles. The third kappa shape index (κ3) is 2.27. The van der Waals surface area contributed by atoms with Gasteiger partial charge in [-0.15, -0.1) is 0 Å². The highest BCUT2D eigenvalue weighted by Crippen LogP contribution is 2.54. The summed E-state index contributed by atoms with van der Waals surface area (Å²) in [6.07, 6.45) is 3.54. The van der Waals surface area contributed by atoms with Crippen LogP contribution in [0.2, 0.25) is 0 Å². The number of carbonyl (C=O) groups is 1. The van der Waals surface area contributed by atoms with Crippen molar-refractivity contribution in [3.8, 4) is 0 Å². The molecular formula is C15H20N2O. The van der Waals surface area contributed by atoms with Crippen LogP contribution in [0.5, 0.6) is 0 Å². The summed E-state index contributed by atoms with van der Waals surface area (Å²) in [4.78, 5) is 12.1. The minimum atomic E-state index is 0.0386. The van der Waals surface area contributed by atoms with Crippen molar-refractivity contribution in [2.75, 3.05) is 5.32 Å². The van der Waals surface area contributed by atoms with E-state index < -0.39 is 0 Å². The van der Waals surface area contributed by atoms with Gasteiger partial charge in [-0.2, -0.15) is 0 Å². The summed E-state index contributed by atoms with van der Waals surface area (Å²) in [5, 5.41) is 3.01. The number of rotatable bonds is 3. The Morgan fingerprint density at radius 3 is 2.39 bits per heavy atom. The van der Waals surface area contributed by atoms with Gasteiger partial charge in [-0.3, -0.25) is 4.79 Å². The first kappa shape index (κ1) is 11.7. The molecule has 3 N–H and O–H groups in total. The zero-order valence-electron chi connectivity index (χ0n) is 10.7. The molecule has 2 aliphatic rings. The van der Waals surface area contributed by atoms with Crippen molar-refractivity contribution in [2.45, 2.75) is 32.2 Å². The molecular weight excluding hydrogens is 224 g/mol. The van der Waals surface area contributed by atoms with E-state index in [1.807, 2.05) is 31.2 Å². The lowest BCUT2D eigenvalue weighted by atomic mass is 10.0. The van der Waals surface area contributed by atoms with E-state index in [4.69, 9.17) is 5.73 Å². The molecule has 96 valence electrons. The fraction of sp³-hybridized carbons (Fsp3) is 0.533. The van der Waals surface area contributed by atoms with E-state index in [1.54, 1.807) is 0 Å². The first-order chi connectivity index (χ1) is 8.63. The quantitative estimate of drug-likeness (QED) is 0.859. The Balaban J connectivity index is 1.60. The Morgan fingerprint density at radius 2 is 1.83 bits per heavy atom. The van der Waals surface area contributed by atoms with Gasteiger partial charge in [0.1, 0.15) is 0 Å². The van der Waals surface area contributed by atoms with Crippen LogP contribution in [-0.2, 0) is 4.79 Å². The molecule has 2 saturated carbocycles.